The van der Waals surface area contributed by atoms with E-state index in [-0.39, 0.29) is 41.6 Å². The van der Waals surface area contributed by atoms with Crippen LogP contribution in [0.1, 0.15) is 92.9 Å². The summed E-state index contributed by atoms with van der Waals surface area (Å²) in [6, 6.07) is 0. The van der Waals surface area contributed by atoms with E-state index < -0.39 is 152 Å². The lowest BCUT2D eigenvalue weighted by Crippen LogP contribution is -2.69. The van der Waals surface area contributed by atoms with Crippen LogP contribution >= 0.6 is 0 Å². The van der Waals surface area contributed by atoms with Crippen LogP contribution in [0.4, 0.5) is 0 Å². The van der Waals surface area contributed by atoms with E-state index >= 15 is 4.79 Å². The summed E-state index contributed by atoms with van der Waals surface area (Å²) >= 11 is 0. The van der Waals surface area contributed by atoms with Gasteiger partial charge in [-0.3, -0.25) is 4.79 Å². The average Bonchev–Trinajstić information content (AvgIpc) is 3.30. The van der Waals surface area contributed by atoms with E-state index in [1.807, 2.05) is 6.92 Å². The Labute approximate surface area is 396 Å². The van der Waals surface area contributed by atoms with Crippen LogP contribution in [-0.4, -0.2) is 203 Å². The molecule has 27 atom stereocenters. The summed E-state index contributed by atoms with van der Waals surface area (Å²) in [5.74, 6) is -0.796. The first-order valence-corrected chi connectivity index (χ1v) is 24.7. The van der Waals surface area contributed by atoms with Gasteiger partial charge in [0.1, 0.15) is 73.2 Å². The van der Waals surface area contributed by atoms with Crippen LogP contribution in [0.25, 0.3) is 0 Å². The summed E-state index contributed by atoms with van der Waals surface area (Å²) in [7, 11) is 0. The lowest BCUT2D eigenvalue weighted by atomic mass is 9.33. The van der Waals surface area contributed by atoms with Gasteiger partial charge in [-0.2, -0.15) is 0 Å². The van der Waals surface area contributed by atoms with E-state index in [9.17, 15) is 66.4 Å². The molecule has 13 N–H and O–H groups in total. The number of allylic oxidation sites excluding steroid dienone is 2. The SMILES string of the molecule is CC1CCC2(C(=O)OC3OC(COC4OC(CO)C(O)C(O)C4O)C(O)C(O)C3O)CCC3(C)C(=CCC4C5(C)CC(O)C(OC6OC(CO)C(O)C(O)C6O)C(C)(CO)C5CCC43C)C2C1C. The molecule has 5 aliphatic carbocycles. The van der Waals surface area contributed by atoms with Gasteiger partial charge in [-0.25, -0.2) is 0 Å². The van der Waals surface area contributed by atoms with E-state index in [4.69, 9.17) is 28.4 Å². The second-order valence-electron chi connectivity index (χ2n) is 22.9. The Bertz CT molecular complexity index is 1840. The summed E-state index contributed by atoms with van der Waals surface area (Å²) in [5, 5.41) is 139. The normalized spacial score (nSPS) is 56.0. The molecule has 68 heavy (non-hydrogen) atoms. The molecule has 8 aliphatic rings. The highest BCUT2D eigenvalue weighted by Gasteiger charge is 2.72. The van der Waals surface area contributed by atoms with E-state index in [0.29, 0.717) is 38.5 Å². The van der Waals surface area contributed by atoms with Gasteiger partial charge in [0.05, 0.1) is 44.1 Å². The smallest absolute Gasteiger partial charge is 0.315 e. The van der Waals surface area contributed by atoms with Crippen LogP contribution in [0.2, 0.25) is 0 Å². The number of esters is 1. The van der Waals surface area contributed by atoms with Crippen LogP contribution in [-0.2, 0) is 33.2 Å². The van der Waals surface area contributed by atoms with Gasteiger partial charge in [0, 0.05) is 5.41 Å². The molecule has 0 aromatic rings. The predicted molar refractivity (Wildman–Crippen MR) is 233 cm³/mol. The number of aliphatic hydroxyl groups is 13. The Hall–Kier alpha value is -1.51. The number of hydrogen-bond acceptors (Lipinski definition) is 20. The zero-order valence-corrected chi connectivity index (χ0v) is 39.9. The third-order valence-corrected chi connectivity index (χ3v) is 19.7. The lowest BCUT2D eigenvalue weighted by Gasteiger charge is -2.72. The van der Waals surface area contributed by atoms with Gasteiger partial charge in [-0.1, -0.05) is 53.2 Å². The van der Waals surface area contributed by atoms with Crippen molar-refractivity contribution < 1.29 is 99.6 Å². The fourth-order valence-electron chi connectivity index (χ4n) is 15.3. The molecule has 3 saturated heterocycles. The summed E-state index contributed by atoms with van der Waals surface area (Å²) < 4.78 is 35.1. The van der Waals surface area contributed by atoms with Gasteiger partial charge in [0.15, 0.2) is 12.6 Å². The van der Waals surface area contributed by atoms with Gasteiger partial charge >= 0.3 is 5.97 Å². The van der Waals surface area contributed by atoms with Crippen molar-refractivity contribution in [2.75, 3.05) is 26.4 Å². The van der Waals surface area contributed by atoms with Crippen molar-refractivity contribution in [3.8, 4) is 0 Å². The predicted octanol–water partition coefficient (Wildman–Crippen LogP) is -2.06. The van der Waals surface area contributed by atoms with E-state index in [1.54, 1.807) is 0 Å². The van der Waals surface area contributed by atoms with Crippen molar-refractivity contribution >= 4 is 5.97 Å². The summed E-state index contributed by atoms with van der Waals surface area (Å²) in [6.45, 7) is 10.7. The van der Waals surface area contributed by atoms with Crippen LogP contribution in [0.15, 0.2) is 11.6 Å². The molecule has 27 unspecified atom stereocenters. The minimum atomic E-state index is -1.84. The Morgan fingerprint density at radius 1 is 0.662 bits per heavy atom. The molecular formula is C48H78O20. The summed E-state index contributed by atoms with van der Waals surface area (Å²) in [6.07, 6.45) is -19.5. The zero-order chi connectivity index (χ0) is 49.8. The Morgan fingerprint density at radius 3 is 1.82 bits per heavy atom. The maximum Gasteiger partial charge on any atom is 0.315 e. The second kappa shape index (κ2) is 19.1. The van der Waals surface area contributed by atoms with Gasteiger partial charge < -0.3 is 94.8 Å². The number of carbonyl (C=O) groups is 1. The molecule has 0 amide bonds. The maximum absolute atomic E-state index is 15.0. The van der Waals surface area contributed by atoms with Crippen LogP contribution in [0.5, 0.6) is 0 Å². The van der Waals surface area contributed by atoms with Gasteiger partial charge in [0.25, 0.3) is 0 Å². The number of ether oxygens (including phenoxy) is 6. The Kier molecular flexibility index (Phi) is 14.8. The molecule has 20 nitrogen and oxygen atoms in total. The molecule has 8 rings (SSSR count). The fraction of sp³-hybridized carbons (Fsp3) is 0.938. The van der Waals surface area contributed by atoms with Gasteiger partial charge in [-0.15, -0.1) is 0 Å². The topological polar surface area (TPSA) is 335 Å². The van der Waals surface area contributed by atoms with Crippen LogP contribution in [0, 0.1) is 56.7 Å². The van der Waals surface area contributed by atoms with E-state index in [1.165, 1.54) is 0 Å². The fourth-order valence-corrected chi connectivity index (χ4v) is 15.3. The first-order chi connectivity index (χ1) is 31.9. The first kappa shape index (κ1) is 52.8. The maximum atomic E-state index is 15.0. The average molecular weight is 975 g/mol. The lowest BCUT2D eigenvalue weighted by molar-refractivity contribution is -0.345. The summed E-state index contributed by atoms with van der Waals surface area (Å²) in [5.41, 5.74) is -2.24. The van der Waals surface area contributed by atoms with E-state index in [2.05, 4.69) is 40.7 Å². The highest BCUT2D eigenvalue weighted by Crippen LogP contribution is 2.76. The zero-order valence-electron chi connectivity index (χ0n) is 39.9. The quantitative estimate of drug-likeness (QED) is 0.0636. The molecule has 0 bridgehead atoms. The Balaban J connectivity index is 1.04. The number of aliphatic hydroxyl groups excluding tert-OH is 13. The second-order valence-corrected chi connectivity index (χ2v) is 22.9. The third-order valence-electron chi connectivity index (χ3n) is 19.7. The van der Waals surface area contributed by atoms with Crippen molar-refractivity contribution in [3.05, 3.63) is 11.6 Å². The number of rotatable bonds is 10. The number of carbonyl (C=O) groups excluding carboxylic acids is 1. The number of fused-ring (bicyclic) bond motifs is 7. The Morgan fingerprint density at radius 2 is 1.22 bits per heavy atom. The number of hydrogen-bond donors (Lipinski definition) is 13. The highest BCUT2D eigenvalue weighted by atomic mass is 16.7. The van der Waals surface area contributed by atoms with Crippen LogP contribution in [0.3, 0.4) is 0 Å². The molecular weight excluding hydrogens is 897 g/mol. The molecule has 0 aromatic heterocycles. The van der Waals surface area contributed by atoms with E-state index in [0.717, 1.165) is 18.4 Å². The standard InChI is InChI=1S/C48H78O20/c1-20-9-12-48(43(62)68-42-38(61)35(58)32(55)26(66-42)18-63-40-36(59)33(56)30(53)24(16-49)64-40)14-13-46(5)22(29(48)21(20)2)7-8-28-44(3)15-23(52)39(45(4,19-51)27(44)10-11-47(28,46)6)67-41-37(60)34(57)31(54)25(17-50)65-41/h7,20-21,23-42,49-61H,8-19H2,1-6H3. The minimum Gasteiger partial charge on any atom is -0.432 e. The van der Waals surface area contributed by atoms with Crippen molar-refractivity contribution in [1.82, 2.24) is 0 Å². The molecule has 0 spiro atoms. The monoisotopic (exact) mass is 975 g/mol. The molecule has 0 aromatic carbocycles. The molecule has 4 saturated carbocycles. The van der Waals surface area contributed by atoms with Crippen molar-refractivity contribution in [2.24, 2.45) is 56.7 Å². The van der Waals surface area contributed by atoms with Crippen LogP contribution < -0.4 is 0 Å². The van der Waals surface area contributed by atoms with Gasteiger partial charge in [0.2, 0.25) is 6.29 Å². The molecule has 20 heteroatoms. The first-order valence-electron chi connectivity index (χ1n) is 24.7. The molecule has 390 valence electrons. The molecule has 3 heterocycles. The largest absolute Gasteiger partial charge is 0.432 e. The molecule has 7 fully saturated rings. The van der Waals surface area contributed by atoms with Crippen molar-refractivity contribution in [3.63, 3.8) is 0 Å². The molecule has 0 radical (unpaired) electrons. The van der Waals surface area contributed by atoms with Crippen molar-refractivity contribution in [1.29, 1.82) is 0 Å². The summed E-state index contributed by atoms with van der Waals surface area (Å²) in [4.78, 5) is 15.0. The van der Waals surface area contributed by atoms with Gasteiger partial charge in [-0.05, 0) is 97.2 Å². The third kappa shape index (κ3) is 7.98. The minimum absolute atomic E-state index is 0.00726. The van der Waals surface area contributed by atoms with Crippen molar-refractivity contribution in [2.45, 2.75) is 197 Å². The molecule has 3 aliphatic heterocycles. The highest BCUT2D eigenvalue weighted by molar-refractivity contribution is 5.79.